The minimum absolute atomic E-state index is 0.00146. The van der Waals surface area contributed by atoms with Crippen molar-refractivity contribution in [2.75, 3.05) is 31.0 Å². The monoisotopic (exact) mass is 446 g/mol. The van der Waals surface area contributed by atoms with Gasteiger partial charge < -0.3 is 0 Å². The minimum atomic E-state index is -3.64. The Morgan fingerprint density at radius 2 is 1.94 bits per heavy atom. The van der Waals surface area contributed by atoms with Crippen LogP contribution in [-0.2, 0) is 18.1 Å². The maximum atomic E-state index is 12.2. The Morgan fingerprint density at radius 1 is 1.33 bits per heavy atom. The third-order valence-electron chi connectivity index (χ3n) is 1.51. The van der Waals surface area contributed by atoms with Gasteiger partial charge in [0.25, 0.3) is 0 Å². The third kappa shape index (κ3) is 9.32. The standard InChI is InChI=1S/C9H15Br2Cl2O4P/c1-2-3-15-18(14,16-6-8(11)4-10)17-7-9(13)5-12/h2,8-9H,1,3-7H2. The van der Waals surface area contributed by atoms with Crippen LogP contribution in [-0.4, -0.2) is 41.2 Å². The van der Waals surface area contributed by atoms with E-state index in [1.165, 1.54) is 6.08 Å². The molecule has 0 heterocycles. The van der Waals surface area contributed by atoms with Gasteiger partial charge in [-0.25, -0.2) is 4.57 Å². The summed E-state index contributed by atoms with van der Waals surface area (Å²) < 4.78 is 27.4. The lowest BCUT2D eigenvalue weighted by molar-refractivity contribution is 0.124. The normalized spacial score (nSPS) is 18.0. The number of halogens is 4. The topological polar surface area (TPSA) is 44.8 Å². The lowest BCUT2D eigenvalue weighted by atomic mass is 10.5. The predicted molar refractivity (Wildman–Crippen MR) is 82.5 cm³/mol. The van der Waals surface area contributed by atoms with Gasteiger partial charge in [-0.05, 0) is 0 Å². The Bertz CT molecular complexity index is 265. The molecule has 0 aliphatic rings. The van der Waals surface area contributed by atoms with E-state index in [0.29, 0.717) is 5.33 Å². The summed E-state index contributed by atoms with van der Waals surface area (Å²) in [6, 6.07) is 0. The van der Waals surface area contributed by atoms with Crippen molar-refractivity contribution in [3.63, 3.8) is 0 Å². The Kier molecular flexibility index (Phi) is 12.0. The molecule has 3 atom stereocenters. The van der Waals surface area contributed by atoms with Crippen molar-refractivity contribution in [3.8, 4) is 0 Å². The molecule has 0 aromatic heterocycles. The highest BCUT2D eigenvalue weighted by molar-refractivity contribution is 9.12. The molecule has 4 nitrogen and oxygen atoms in total. The van der Waals surface area contributed by atoms with Gasteiger partial charge in [-0.15, -0.1) is 29.8 Å². The zero-order valence-electron chi connectivity index (χ0n) is 9.57. The summed E-state index contributed by atoms with van der Waals surface area (Å²) in [5.74, 6) is 0.186. The predicted octanol–water partition coefficient (Wildman–Crippen LogP) is 4.33. The zero-order valence-corrected chi connectivity index (χ0v) is 15.1. The molecule has 0 rings (SSSR count). The van der Waals surface area contributed by atoms with E-state index in [1.54, 1.807) is 0 Å². The van der Waals surface area contributed by atoms with E-state index >= 15 is 0 Å². The van der Waals surface area contributed by atoms with Crippen LogP contribution in [0.5, 0.6) is 0 Å². The highest BCUT2D eigenvalue weighted by atomic mass is 79.9. The molecule has 0 amide bonds. The summed E-state index contributed by atoms with van der Waals surface area (Å²) in [5, 5.41) is 0.195. The number of hydrogen-bond acceptors (Lipinski definition) is 4. The van der Waals surface area contributed by atoms with Crippen LogP contribution >= 0.6 is 62.9 Å². The fourth-order valence-corrected chi connectivity index (χ4v) is 2.69. The number of phosphoric ester groups is 1. The molecule has 0 fully saturated rings. The van der Waals surface area contributed by atoms with Crippen LogP contribution in [0, 0.1) is 0 Å². The molecule has 3 unspecified atom stereocenters. The second-order valence-electron chi connectivity index (χ2n) is 3.13. The quantitative estimate of drug-likeness (QED) is 0.268. The number of rotatable bonds is 11. The van der Waals surface area contributed by atoms with Gasteiger partial charge in [-0.2, -0.15) is 0 Å². The van der Waals surface area contributed by atoms with Crippen molar-refractivity contribution >= 4 is 62.9 Å². The van der Waals surface area contributed by atoms with E-state index in [4.69, 9.17) is 36.8 Å². The van der Waals surface area contributed by atoms with Crippen LogP contribution in [0.2, 0.25) is 0 Å². The molecule has 0 N–H and O–H groups in total. The number of alkyl halides is 4. The smallest absolute Gasteiger partial charge is 0.286 e. The van der Waals surface area contributed by atoms with E-state index < -0.39 is 13.2 Å². The largest absolute Gasteiger partial charge is 0.475 e. The highest BCUT2D eigenvalue weighted by Crippen LogP contribution is 2.50. The first-order valence-electron chi connectivity index (χ1n) is 5.02. The minimum Gasteiger partial charge on any atom is -0.286 e. The molecule has 0 saturated carbocycles. The van der Waals surface area contributed by atoms with Gasteiger partial charge in [-0.3, -0.25) is 13.6 Å². The molecule has 0 spiro atoms. The Hall–Kier alpha value is 1.39. The molecule has 0 saturated heterocycles. The average molecular weight is 449 g/mol. The highest BCUT2D eigenvalue weighted by Gasteiger charge is 2.28. The molecule has 18 heavy (non-hydrogen) atoms. The summed E-state index contributed by atoms with van der Waals surface area (Å²) >= 11 is 17.9. The van der Waals surface area contributed by atoms with Gasteiger partial charge in [0.1, 0.15) is 0 Å². The number of hydrogen-bond donors (Lipinski definition) is 0. The molecular weight excluding hydrogens is 434 g/mol. The SMILES string of the molecule is C=CCOP(=O)(OCC(Cl)CCl)OCC(Br)CBr. The van der Waals surface area contributed by atoms with Gasteiger partial charge in [0.15, 0.2) is 0 Å². The average Bonchev–Trinajstić information content (AvgIpc) is 2.40. The van der Waals surface area contributed by atoms with Gasteiger partial charge in [0.2, 0.25) is 0 Å². The lowest BCUT2D eigenvalue weighted by Gasteiger charge is -2.19. The Balaban J connectivity index is 4.32. The summed E-state index contributed by atoms with van der Waals surface area (Å²) in [6.07, 6.45) is 1.45. The summed E-state index contributed by atoms with van der Waals surface area (Å²) in [7, 11) is -3.64. The maximum Gasteiger partial charge on any atom is 0.475 e. The molecule has 9 heteroatoms. The van der Waals surface area contributed by atoms with Crippen LogP contribution in [0.4, 0.5) is 0 Å². The first-order valence-corrected chi connectivity index (χ1v) is 9.49. The van der Waals surface area contributed by atoms with Crippen molar-refractivity contribution in [1.82, 2.24) is 0 Å². The van der Waals surface area contributed by atoms with E-state index in [-0.39, 0.29) is 30.5 Å². The first-order chi connectivity index (χ1) is 8.47. The van der Waals surface area contributed by atoms with E-state index in [2.05, 4.69) is 38.4 Å². The molecule has 0 aliphatic heterocycles. The molecule has 108 valence electrons. The Labute approximate surface area is 134 Å². The summed E-state index contributed by atoms with van der Waals surface area (Å²) in [4.78, 5) is 0.00146. The maximum absolute atomic E-state index is 12.2. The van der Waals surface area contributed by atoms with Crippen LogP contribution in [0.1, 0.15) is 0 Å². The number of phosphoric acid groups is 1. The summed E-state index contributed by atoms with van der Waals surface area (Å²) in [5.41, 5.74) is 0. The lowest BCUT2D eigenvalue weighted by Crippen LogP contribution is -2.14. The van der Waals surface area contributed by atoms with E-state index in [9.17, 15) is 4.57 Å². The molecule has 0 aliphatic carbocycles. The second kappa shape index (κ2) is 11.1. The molecule has 0 bridgehead atoms. The molecular formula is C9H15Br2Cl2O4P. The molecule has 0 aromatic rings. The van der Waals surface area contributed by atoms with Crippen LogP contribution in [0.3, 0.4) is 0 Å². The van der Waals surface area contributed by atoms with E-state index in [1.807, 2.05) is 0 Å². The molecule has 0 aromatic carbocycles. The third-order valence-corrected chi connectivity index (χ3v) is 5.96. The van der Waals surface area contributed by atoms with Gasteiger partial charge in [0, 0.05) is 16.0 Å². The van der Waals surface area contributed by atoms with Crippen molar-refractivity contribution in [1.29, 1.82) is 0 Å². The second-order valence-corrected chi connectivity index (χ2v) is 7.66. The van der Waals surface area contributed by atoms with Crippen molar-refractivity contribution in [3.05, 3.63) is 12.7 Å². The van der Waals surface area contributed by atoms with Crippen LogP contribution < -0.4 is 0 Å². The summed E-state index contributed by atoms with van der Waals surface area (Å²) in [6.45, 7) is 3.69. The fourth-order valence-electron chi connectivity index (χ4n) is 0.689. The Morgan fingerprint density at radius 3 is 2.44 bits per heavy atom. The van der Waals surface area contributed by atoms with Gasteiger partial charge >= 0.3 is 7.82 Å². The van der Waals surface area contributed by atoms with Crippen molar-refractivity contribution < 1.29 is 18.1 Å². The van der Waals surface area contributed by atoms with Crippen molar-refractivity contribution in [2.24, 2.45) is 0 Å². The van der Waals surface area contributed by atoms with Gasteiger partial charge in [-0.1, -0.05) is 37.9 Å². The van der Waals surface area contributed by atoms with Gasteiger partial charge in [0.05, 0.1) is 25.2 Å². The molecule has 0 radical (unpaired) electrons. The van der Waals surface area contributed by atoms with Crippen LogP contribution in [0.25, 0.3) is 0 Å². The van der Waals surface area contributed by atoms with Crippen molar-refractivity contribution in [2.45, 2.75) is 10.2 Å². The van der Waals surface area contributed by atoms with E-state index in [0.717, 1.165) is 0 Å². The first kappa shape index (κ1) is 19.4. The fraction of sp³-hybridized carbons (Fsp3) is 0.778. The van der Waals surface area contributed by atoms with Crippen LogP contribution in [0.15, 0.2) is 12.7 Å². The zero-order chi connectivity index (χ0) is 14.0.